The van der Waals surface area contributed by atoms with Crippen LogP contribution in [0.3, 0.4) is 0 Å². The Morgan fingerprint density at radius 3 is 2.65 bits per heavy atom. The van der Waals surface area contributed by atoms with Crippen LogP contribution in [-0.4, -0.2) is 36.9 Å². The number of methoxy groups -OCH3 is 1. The zero-order chi connectivity index (χ0) is 18.5. The first-order chi connectivity index (χ1) is 12.6. The summed E-state index contributed by atoms with van der Waals surface area (Å²) in [4.78, 5) is 25.8. The molecule has 0 radical (unpaired) electrons. The standard InChI is InChI=1S/C21H24N2O3/c1-15(24)22-12-10-20(25)23-13-11-17-14-18(26-2)8-9-19(17)21(23)16-6-4-3-5-7-16/h3-9,14,21H,10-13H2,1-2H3,(H,22,24). The summed E-state index contributed by atoms with van der Waals surface area (Å²) in [5.74, 6) is 0.767. The summed E-state index contributed by atoms with van der Waals surface area (Å²) in [6.07, 6.45) is 1.09. The van der Waals surface area contributed by atoms with Gasteiger partial charge in [0.1, 0.15) is 5.75 Å². The second kappa shape index (κ2) is 8.04. The van der Waals surface area contributed by atoms with Crippen LogP contribution in [-0.2, 0) is 16.0 Å². The molecule has 1 N–H and O–H groups in total. The Kier molecular flexibility index (Phi) is 5.56. The van der Waals surface area contributed by atoms with Crippen molar-refractivity contribution >= 4 is 11.8 Å². The van der Waals surface area contributed by atoms with Crippen molar-refractivity contribution in [2.75, 3.05) is 20.2 Å². The van der Waals surface area contributed by atoms with Gasteiger partial charge < -0.3 is 15.0 Å². The average Bonchev–Trinajstić information content (AvgIpc) is 2.66. The number of rotatable bonds is 5. The number of benzene rings is 2. The molecular weight excluding hydrogens is 328 g/mol. The first-order valence-corrected chi connectivity index (χ1v) is 8.86. The molecule has 0 fully saturated rings. The molecule has 1 aliphatic rings. The van der Waals surface area contributed by atoms with Gasteiger partial charge >= 0.3 is 0 Å². The molecule has 3 rings (SSSR count). The third kappa shape index (κ3) is 3.87. The summed E-state index contributed by atoms with van der Waals surface area (Å²) in [5, 5.41) is 2.70. The molecule has 2 aromatic carbocycles. The molecule has 1 atom stereocenters. The lowest BCUT2D eigenvalue weighted by molar-refractivity contribution is -0.133. The van der Waals surface area contributed by atoms with E-state index < -0.39 is 0 Å². The van der Waals surface area contributed by atoms with Crippen molar-refractivity contribution in [2.45, 2.75) is 25.8 Å². The summed E-state index contributed by atoms with van der Waals surface area (Å²) in [7, 11) is 1.66. The van der Waals surface area contributed by atoms with Gasteiger partial charge in [0.2, 0.25) is 11.8 Å². The Morgan fingerprint density at radius 1 is 1.19 bits per heavy atom. The predicted octanol–water partition coefficient (Wildman–Crippen LogP) is 2.70. The molecule has 2 amide bonds. The number of ether oxygens (including phenoxy) is 1. The Labute approximate surface area is 154 Å². The maximum atomic E-state index is 12.8. The molecule has 1 aliphatic heterocycles. The van der Waals surface area contributed by atoms with Crippen LogP contribution in [0.4, 0.5) is 0 Å². The average molecular weight is 352 g/mol. The fourth-order valence-corrected chi connectivity index (χ4v) is 3.48. The van der Waals surface area contributed by atoms with Crippen LogP contribution >= 0.6 is 0 Å². The number of amides is 2. The molecule has 0 aromatic heterocycles. The van der Waals surface area contributed by atoms with Gasteiger partial charge in [-0.1, -0.05) is 36.4 Å². The van der Waals surface area contributed by atoms with Gasteiger partial charge in [0.15, 0.2) is 0 Å². The molecule has 0 saturated carbocycles. The van der Waals surface area contributed by atoms with Crippen LogP contribution in [0.2, 0.25) is 0 Å². The Bertz CT molecular complexity index is 789. The highest BCUT2D eigenvalue weighted by Gasteiger charge is 2.31. The summed E-state index contributed by atoms with van der Waals surface area (Å²) in [5.41, 5.74) is 3.44. The van der Waals surface area contributed by atoms with Gasteiger partial charge in [-0.2, -0.15) is 0 Å². The van der Waals surface area contributed by atoms with E-state index in [0.29, 0.717) is 19.5 Å². The van der Waals surface area contributed by atoms with E-state index in [1.165, 1.54) is 12.5 Å². The van der Waals surface area contributed by atoms with Gasteiger partial charge in [0.05, 0.1) is 13.2 Å². The highest BCUT2D eigenvalue weighted by molar-refractivity contribution is 5.79. The Morgan fingerprint density at radius 2 is 1.96 bits per heavy atom. The van der Waals surface area contributed by atoms with Crippen LogP contribution in [0.25, 0.3) is 0 Å². The Balaban J connectivity index is 1.91. The van der Waals surface area contributed by atoms with Gasteiger partial charge in [-0.25, -0.2) is 0 Å². The largest absolute Gasteiger partial charge is 0.497 e. The highest BCUT2D eigenvalue weighted by Crippen LogP contribution is 2.36. The van der Waals surface area contributed by atoms with E-state index in [0.717, 1.165) is 23.3 Å². The molecule has 5 nitrogen and oxygen atoms in total. The molecule has 0 saturated heterocycles. The number of hydrogen-bond donors (Lipinski definition) is 1. The number of fused-ring (bicyclic) bond motifs is 1. The Hall–Kier alpha value is -2.82. The van der Waals surface area contributed by atoms with Crippen LogP contribution in [0, 0.1) is 0 Å². The van der Waals surface area contributed by atoms with Gasteiger partial charge in [0.25, 0.3) is 0 Å². The van der Waals surface area contributed by atoms with Gasteiger partial charge in [-0.05, 0) is 35.2 Å². The summed E-state index contributed by atoms with van der Waals surface area (Å²) >= 11 is 0. The zero-order valence-electron chi connectivity index (χ0n) is 15.2. The number of nitrogens with zero attached hydrogens (tertiary/aromatic N) is 1. The second-order valence-electron chi connectivity index (χ2n) is 6.45. The molecule has 0 aliphatic carbocycles. The van der Waals surface area contributed by atoms with E-state index in [2.05, 4.69) is 29.6 Å². The zero-order valence-corrected chi connectivity index (χ0v) is 15.2. The van der Waals surface area contributed by atoms with Gasteiger partial charge in [0, 0.05) is 26.4 Å². The van der Waals surface area contributed by atoms with E-state index in [1.807, 2.05) is 29.2 Å². The van der Waals surface area contributed by atoms with Crippen molar-refractivity contribution in [1.29, 1.82) is 0 Å². The first-order valence-electron chi connectivity index (χ1n) is 8.86. The maximum absolute atomic E-state index is 12.8. The van der Waals surface area contributed by atoms with Crippen LogP contribution in [0.5, 0.6) is 5.75 Å². The SMILES string of the molecule is COc1ccc2c(c1)CCN(C(=O)CCNC(C)=O)C2c1ccccc1. The van der Waals surface area contributed by atoms with Crippen molar-refractivity contribution in [1.82, 2.24) is 10.2 Å². The third-order valence-electron chi connectivity index (χ3n) is 4.73. The van der Waals surface area contributed by atoms with Crippen molar-refractivity contribution in [2.24, 2.45) is 0 Å². The van der Waals surface area contributed by atoms with Gasteiger partial charge in [-0.3, -0.25) is 9.59 Å². The molecule has 1 heterocycles. The fraction of sp³-hybridized carbons (Fsp3) is 0.333. The second-order valence-corrected chi connectivity index (χ2v) is 6.45. The van der Waals surface area contributed by atoms with E-state index in [9.17, 15) is 9.59 Å². The molecule has 5 heteroatoms. The molecule has 136 valence electrons. The van der Waals surface area contributed by atoms with Crippen LogP contribution in [0.1, 0.15) is 36.1 Å². The number of nitrogens with one attached hydrogen (secondary N) is 1. The van der Waals surface area contributed by atoms with E-state index in [-0.39, 0.29) is 17.9 Å². The van der Waals surface area contributed by atoms with Crippen molar-refractivity contribution in [3.05, 3.63) is 65.2 Å². The van der Waals surface area contributed by atoms with E-state index in [4.69, 9.17) is 4.74 Å². The highest BCUT2D eigenvalue weighted by atomic mass is 16.5. The number of carbonyl (C=O) groups excluding carboxylic acids is 2. The van der Waals surface area contributed by atoms with Crippen molar-refractivity contribution in [3.8, 4) is 5.75 Å². The predicted molar refractivity (Wildman–Crippen MR) is 100.0 cm³/mol. The summed E-state index contributed by atoms with van der Waals surface area (Å²) < 4.78 is 5.35. The molecule has 1 unspecified atom stereocenters. The summed E-state index contributed by atoms with van der Waals surface area (Å²) in [6.45, 7) is 2.47. The monoisotopic (exact) mass is 352 g/mol. The van der Waals surface area contributed by atoms with Crippen molar-refractivity contribution in [3.63, 3.8) is 0 Å². The molecule has 26 heavy (non-hydrogen) atoms. The van der Waals surface area contributed by atoms with E-state index >= 15 is 0 Å². The number of carbonyl (C=O) groups is 2. The van der Waals surface area contributed by atoms with Crippen LogP contribution < -0.4 is 10.1 Å². The molecule has 0 bridgehead atoms. The molecule has 0 spiro atoms. The minimum absolute atomic E-state index is 0.0501. The topological polar surface area (TPSA) is 58.6 Å². The van der Waals surface area contributed by atoms with E-state index in [1.54, 1.807) is 7.11 Å². The normalized spacial score (nSPS) is 15.9. The minimum atomic E-state index is -0.117. The summed E-state index contributed by atoms with van der Waals surface area (Å²) in [6, 6.07) is 16.0. The first kappa shape index (κ1) is 18.0. The van der Waals surface area contributed by atoms with Gasteiger partial charge in [-0.15, -0.1) is 0 Å². The maximum Gasteiger partial charge on any atom is 0.225 e. The minimum Gasteiger partial charge on any atom is -0.497 e. The lowest BCUT2D eigenvalue weighted by Gasteiger charge is -2.38. The lowest BCUT2D eigenvalue weighted by Crippen LogP contribution is -2.41. The quantitative estimate of drug-likeness (QED) is 0.900. The third-order valence-corrected chi connectivity index (χ3v) is 4.73. The van der Waals surface area contributed by atoms with Crippen LogP contribution in [0.15, 0.2) is 48.5 Å². The molecular formula is C21H24N2O3. The lowest BCUT2D eigenvalue weighted by atomic mass is 9.87. The number of hydrogen-bond acceptors (Lipinski definition) is 3. The van der Waals surface area contributed by atoms with Crippen molar-refractivity contribution < 1.29 is 14.3 Å². The fourth-order valence-electron chi connectivity index (χ4n) is 3.48. The molecule has 2 aromatic rings. The smallest absolute Gasteiger partial charge is 0.225 e.